The Morgan fingerprint density at radius 2 is 1.94 bits per heavy atom. The Hall–Kier alpha value is -4.19. The first-order chi connectivity index (χ1) is 15.2. The van der Waals surface area contributed by atoms with E-state index in [1.807, 2.05) is 73.7 Å². The summed E-state index contributed by atoms with van der Waals surface area (Å²) in [6, 6.07) is 17.5. The lowest BCUT2D eigenvalue weighted by molar-refractivity contribution is 0.0996. The Bertz CT molecular complexity index is 1170. The molecule has 2 N–H and O–H groups in total. The molecule has 0 bridgehead atoms. The maximum absolute atomic E-state index is 13.0. The number of rotatable bonds is 7. The molecule has 2 aromatic carbocycles. The average Bonchev–Trinajstić information content (AvgIpc) is 3.13. The number of carbonyl (C=O) groups excluding carboxylic acids is 1. The lowest BCUT2D eigenvalue weighted by Crippen LogP contribution is -2.22. The van der Waals surface area contributed by atoms with E-state index in [-0.39, 0.29) is 5.91 Å². The van der Waals surface area contributed by atoms with Crippen molar-refractivity contribution in [2.75, 3.05) is 15.5 Å². The van der Waals surface area contributed by atoms with Crippen molar-refractivity contribution in [2.45, 2.75) is 13.5 Å². The third-order valence-electron chi connectivity index (χ3n) is 5.00. The van der Waals surface area contributed by atoms with Crippen molar-refractivity contribution in [3.05, 3.63) is 102 Å². The van der Waals surface area contributed by atoms with Gasteiger partial charge in [0.25, 0.3) is 5.91 Å². The molecule has 1 aliphatic heterocycles. The molecule has 6 nitrogen and oxygen atoms in total. The van der Waals surface area contributed by atoms with Crippen LogP contribution in [0, 0.1) is 0 Å². The lowest BCUT2D eigenvalue weighted by atomic mass is 10.1. The van der Waals surface area contributed by atoms with E-state index in [2.05, 4.69) is 27.3 Å². The molecule has 3 aromatic rings. The van der Waals surface area contributed by atoms with E-state index in [1.165, 1.54) is 0 Å². The van der Waals surface area contributed by atoms with Gasteiger partial charge in [-0.2, -0.15) is 0 Å². The van der Waals surface area contributed by atoms with Crippen molar-refractivity contribution < 1.29 is 4.79 Å². The van der Waals surface area contributed by atoms with Crippen molar-refractivity contribution in [1.29, 1.82) is 0 Å². The van der Waals surface area contributed by atoms with E-state index in [1.54, 1.807) is 23.5 Å². The van der Waals surface area contributed by atoms with Crippen LogP contribution in [-0.4, -0.2) is 17.6 Å². The Morgan fingerprint density at radius 1 is 1.10 bits per heavy atom. The number of benzene rings is 2. The molecule has 0 saturated heterocycles. The van der Waals surface area contributed by atoms with Gasteiger partial charge < -0.3 is 15.5 Å². The summed E-state index contributed by atoms with van der Waals surface area (Å²) in [6.45, 7) is 5.93. The molecule has 0 fully saturated rings. The normalized spacial score (nSPS) is 13.4. The van der Waals surface area contributed by atoms with Crippen LogP contribution in [0.25, 0.3) is 0 Å². The first-order valence-electron chi connectivity index (χ1n) is 9.95. The Morgan fingerprint density at radius 3 is 2.71 bits per heavy atom. The largest absolute Gasteiger partial charge is 0.356 e. The van der Waals surface area contributed by atoms with Crippen LogP contribution < -0.4 is 15.5 Å². The molecule has 0 radical (unpaired) electrons. The predicted octanol–water partition coefficient (Wildman–Crippen LogP) is 5.52. The molecule has 154 valence electrons. The summed E-state index contributed by atoms with van der Waals surface area (Å²) in [5.74, 6) is 0.00428. The summed E-state index contributed by atoms with van der Waals surface area (Å²) in [6.07, 6.45) is 8.91. The molecule has 0 unspecified atom stereocenters. The quantitative estimate of drug-likeness (QED) is 0.398. The fourth-order valence-electron chi connectivity index (χ4n) is 3.47. The minimum absolute atomic E-state index is 0.00428. The molecule has 31 heavy (non-hydrogen) atoms. The molecule has 1 aliphatic rings. The summed E-state index contributed by atoms with van der Waals surface area (Å²) in [4.78, 5) is 22.6. The van der Waals surface area contributed by atoms with Gasteiger partial charge in [0.1, 0.15) is 0 Å². The van der Waals surface area contributed by atoms with E-state index in [9.17, 15) is 4.79 Å². The van der Waals surface area contributed by atoms with Crippen LogP contribution in [0.1, 0.15) is 22.8 Å². The molecule has 0 spiro atoms. The van der Waals surface area contributed by atoms with Gasteiger partial charge in [0, 0.05) is 52.6 Å². The van der Waals surface area contributed by atoms with Crippen molar-refractivity contribution >= 4 is 35.4 Å². The molecule has 2 heterocycles. The fourth-order valence-corrected chi connectivity index (χ4v) is 3.47. The SMILES string of the molecule is C=N/C=C\C(=C/C)Nc1ccc2c(c1)CN(c1cccc(Nc3ccncc3)c1)C2=O. The van der Waals surface area contributed by atoms with E-state index >= 15 is 0 Å². The second kappa shape index (κ2) is 9.09. The highest BCUT2D eigenvalue weighted by molar-refractivity contribution is 6.10. The van der Waals surface area contributed by atoms with Crippen LogP contribution in [0.15, 0.2) is 96.0 Å². The zero-order valence-corrected chi connectivity index (χ0v) is 17.2. The monoisotopic (exact) mass is 409 g/mol. The van der Waals surface area contributed by atoms with Gasteiger partial charge in [0.05, 0.1) is 6.54 Å². The molecular weight excluding hydrogens is 386 g/mol. The number of nitrogens with one attached hydrogen (secondary N) is 2. The number of pyridine rings is 1. The number of hydrogen-bond acceptors (Lipinski definition) is 5. The second-order valence-electron chi connectivity index (χ2n) is 7.04. The number of aliphatic imine (C=N–C) groups is 1. The second-order valence-corrected chi connectivity index (χ2v) is 7.04. The third kappa shape index (κ3) is 4.53. The van der Waals surface area contributed by atoms with Gasteiger partial charge >= 0.3 is 0 Å². The van der Waals surface area contributed by atoms with Gasteiger partial charge in [-0.05, 0) is 73.8 Å². The molecule has 0 atom stereocenters. The molecule has 1 aromatic heterocycles. The Kier molecular flexibility index (Phi) is 5.89. The fraction of sp³-hybridized carbons (Fsp3) is 0.0800. The summed E-state index contributed by atoms with van der Waals surface area (Å²) in [5, 5.41) is 6.69. The van der Waals surface area contributed by atoms with Crippen molar-refractivity contribution in [3.8, 4) is 0 Å². The Balaban J connectivity index is 1.53. The summed E-state index contributed by atoms with van der Waals surface area (Å²) in [7, 11) is 0. The van der Waals surface area contributed by atoms with Crippen molar-refractivity contribution in [1.82, 2.24) is 4.98 Å². The van der Waals surface area contributed by atoms with Crippen LogP contribution >= 0.6 is 0 Å². The summed E-state index contributed by atoms with van der Waals surface area (Å²) >= 11 is 0. The summed E-state index contributed by atoms with van der Waals surface area (Å²) in [5.41, 5.74) is 6.25. The lowest BCUT2D eigenvalue weighted by Gasteiger charge is -2.17. The third-order valence-corrected chi connectivity index (χ3v) is 5.00. The van der Waals surface area contributed by atoms with Gasteiger partial charge in [-0.3, -0.25) is 14.8 Å². The number of anilines is 4. The van der Waals surface area contributed by atoms with E-state index < -0.39 is 0 Å². The van der Waals surface area contributed by atoms with E-state index in [4.69, 9.17) is 0 Å². The molecule has 6 heteroatoms. The van der Waals surface area contributed by atoms with Gasteiger partial charge in [0.2, 0.25) is 0 Å². The topological polar surface area (TPSA) is 69.6 Å². The minimum atomic E-state index is 0.00428. The number of carbonyl (C=O) groups is 1. The molecule has 0 saturated carbocycles. The number of amides is 1. The first kappa shape index (κ1) is 20.1. The minimum Gasteiger partial charge on any atom is -0.356 e. The highest BCUT2D eigenvalue weighted by Crippen LogP contribution is 2.32. The maximum atomic E-state index is 13.0. The van der Waals surface area contributed by atoms with Gasteiger partial charge in [-0.15, -0.1) is 0 Å². The standard InChI is InChI=1S/C25H23N5O/c1-3-19(9-12-26-2)28-22-7-8-24-18(15-22)17-30(25(24)31)23-6-4-5-21(16-23)29-20-10-13-27-14-11-20/h3-16,28H,2,17H2,1H3,(H,27,29)/b12-9-,19-3+. The van der Waals surface area contributed by atoms with Gasteiger partial charge in [0.15, 0.2) is 0 Å². The van der Waals surface area contributed by atoms with Gasteiger partial charge in [-0.25, -0.2) is 0 Å². The molecular formula is C25H23N5O. The highest BCUT2D eigenvalue weighted by Gasteiger charge is 2.28. The number of allylic oxidation sites excluding steroid dienone is 2. The molecule has 4 rings (SSSR count). The van der Waals surface area contributed by atoms with Crippen LogP contribution in [0.5, 0.6) is 0 Å². The van der Waals surface area contributed by atoms with Crippen molar-refractivity contribution in [2.24, 2.45) is 4.99 Å². The van der Waals surface area contributed by atoms with Crippen LogP contribution in [0.3, 0.4) is 0 Å². The summed E-state index contributed by atoms with van der Waals surface area (Å²) < 4.78 is 0. The maximum Gasteiger partial charge on any atom is 0.258 e. The smallest absolute Gasteiger partial charge is 0.258 e. The van der Waals surface area contributed by atoms with E-state index in [0.29, 0.717) is 6.54 Å². The number of aromatic nitrogens is 1. The zero-order chi connectivity index (χ0) is 21.6. The zero-order valence-electron chi connectivity index (χ0n) is 17.2. The number of fused-ring (bicyclic) bond motifs is 1. The number of nitrogens with zero attached hydrogens (tertiary/aromatic N) is 3. The van der Waals surface area contributed by atoms with Gasteiger partial charge in [-0.1, -0.05) is 12.1 Å². The van der Waals surface area contributed by atoms with Crippen LogP contribution in [-0.2, 0) is 6.54 Å². The first-order valence-corrected chi connectivity index (χ1v) is 9.95. The molecule has 1 amide bonds. The van der Waals surface area contributed by atoms with Crippen LogP contribution in [0.2, 0.25) is 0 Å². The number of hydrogen-bond donors (Lipinski definition) is 2. The molecule has 0 aliphatic carbocycles. The average molecular weight is 409 g/mol. The van der Waals surface area contributed by atoms with Crippen LogP contribution in [0.4, 0.5) is 22.7 Å². The Labute approximate surface area is 181 Å². The van der Waals surface area contributed by atoms with Crippen molar-refractivity contribution in [3.63, 3.8) is 0 Å². The highest BCUT2D eigenvalue weighted by atomic mass is 16.2. The van der Waals surface area contributed by atoms with E-state index in [0.717, 1.165) is 39.6 Å². The predicted molar refractivity (Wildman–Crippen MR) is 127 cm³/mol.